The van der Waals surface area contributed by atoms with Crippen molar-refractivity contribution in [2.45, 2.75) is 30.3 Å². The van der Waals surface area contributed by atoms with E-state index in [2.05, 4.69) is 5.32 Å². The summed E-state index contributed by atoms with van der Waals surface area (Å²) in [4.78, 5) is 35.6. The minimum Gasteiger partial charge on any atom is -0.349 e. The fourth-order valence-corrected chi connectivity index (χ4v) is 4.02. The molecule has 9 nitrogen and oxygen atoms in total. The summed E-state index contributed by atoms with van der Waals surface area (Å²) >= 11 is 0. The maximum atomic E-state index is 12.8. The molecule has 1 aliphatic carbocycles. The molecule has 1 fully saturated rings. The van der Waals surface area contributed by atoms with E-state index in [1.165, 1.54) is 21.1 Å². The summed E-state index contributed by atoms with van der Waals surface area (Å²) < 4.78 is 28.5. The van der Waals surface area contributed by atoms with Crippen LogP contribution in [0.2, 0.25) is 0 Å². The molecule has 1 amide bonds. The van der Waals surface area contributed by atoms with Crippen molar-refractivity contribution in [3.05, 3.63) is 62.4 Å². The van der Waals surface area contributed by atoms with Gasteiger partial charge in [-0.05, 0) is 30.5 Å². The highest BCUT2D eigenvalue weighted by molar-refractivity contribution is 7.89. The molecule has 10 heteroatoms. The van der Waals surface area contributed by atoms with Crippen LogP contribution < -0.4 is 16.6 Å². The quantitative estimate of drug-likeness (QED) is 0.714. The average Bonchev–Trinajstić information content (AvgIpc) is 3.47. The van der Waals surface area contributed by atoms with Crippen LogP contribution in [0.5, 0.6) is 0 Å². The Balaban J connectivity index is 1.80. The molecule has 0 bridgehead atoms. The second-order valence-electron chi connectivity index (χ2n) is 6.96. The fraction of sp³-hybridized carbons (Fsp3) is 0.389. The Hall–Kier alpha value is -2.72. The lowest BCUT2D eigenvalue weighted by Crippen LogP contribution is -2.41. The lowest BCUT2D eigenvalue weighted by Gasteiger charge is -2.18. The lowest BCUT2D eigenvalue weighted by molar-refractivity contribution is 0.0951. The Morgan fingerprint density at radius 2 is 1.79 bits per heavy atom. The smallest absolute Gasteiger partial charge is 0.330 e. The molecule has 1 aromatic heterocycles. The predicted octanol–water partition coefficient (Wildman–Crippen LogP) is -0.203. The molecule has 0 radical (unpaired) electrons. The van der Waals surface area contributed by atoms with Crippen LogP contribution in [0, 0.1) is 0 Å². The number of nitrogens with zero attached hydrogens (tertiary/aromatic N) is 3. The van der Waals surface area contributed by atoms with Crippen molar-refractivity contribution in [1.29, 1.82) is 0 Å². The molecule has 0 atom stereocenters. The van der Waals surface area contributed by atoms with Gasteiger partial charge in [0.05, 0.1) is 0 Å². The van der Waals surface area contributed by atoms with Gasteiger partial charge in [0.25, 0.3) is 11.5 Å². The van der Waals surface area contributed by atoms with Crippen molar-refractivity contribution in [1.82, 2.24) is 18.8 Å². The van der Waals surface area contributed by atoms with Gasteiger partial charge in [-0.1, -0.05) is 12.1 Å². The van der Waals surface area contributed by atoms with E-state index >= 15 is 0 Å². The molecule has 0 saturated heterocycles. The van der Waals surface area contributed by atoms with Gasteiger partial charge in [-0.3, -0.25) is 14.2 Å². The first-order chi connectivity index (χ1) is 13.1. The number of rotatable bonds is 6. The Kier molecular flexibility index (Phi) is 5.26. The van der Waals surface area contributed by atoms with Crippen LogP contribution in [-0.2, 0) is 30.7 Å². The van der Waals surface area contributed by atoms with Crippen molar-refractivity contribution in [3.8, 4) is 0 Å². The van der Waals surface area contributed by atoms with Gasteiger partial charge in [-0.15, -0.1) is 0 Å². The number of amides is 1. The first-order valence-electron chi connectivity index (χ1n) is 8.74. The van der Waals surface area contributed by atoms with Gasteiger partial charge in [-0.25, -0.2) is 13.2 Å². The van der Waals surface area contributed by atoms with Crippen molar-refractivity contribution in [2.75, 3.05) is 7.05 Å². The van der Waals surface area contributed by atoms with E-state index in [-0.39, 0.29) is 18.5 Å². The van der Waals surface area contributed by atoms with Crippen LogP contribution in [0.25, 0.3) is 0 Å². The van der Waals surface area contributed by atoms with Gasteiger partial charge in [0, 0.05) is 45.5 Å². The summed E-state index contributed by atoms with van der Waals surface area (Å²) in [6.45, 7) is 0.0128. The van der Waals surface area contributed by atoms with Gasteiger partial charge < -0.3 is 9.88 Å². The first kappa shape index (κ1) is 20.0. The number of nitrogens with one attached hydrogen (secondary N) is 1. The van der Waals surface area contributed by atoms with Crippen molar-refractivity contribution in [2.24, 2.45) is 14.1 Å². The largest absolute Gasteiger partial charge is 0.349 e. The van der Waals surface area contributed by atoms with E-state index in [1.807, 2.05) is 0 Å². The first-order valence-corrected chi connectivity index (χ1v) is 10.2. The Morgan fingerprint density at radius 3 is 2.36 bits per heavy atom. The molecule has 1 heterocycles. The minimum atomic E-state index is -4.10. The zero-order chi connectivity index (χ0) is 20.6. The predicted molar refractivity (Wildman–Crippen MR) is 103 cm³/mol. The normalized spacial score (nSPS) is 14.3. The minimum absolute atomic E-state index is 0.0128. The number of aryl methyl sites for hydroxylation is 1. The Bertz CT molecular complexity index is 1130. The summed E-state index contributed by atoms with van der Waals surface area (Å²) in [5.74, 6) is -0.149. The number of benzene rings is 1. The molecular formula is C18H22N4O5S. The van der Waals surface area contributed by atoms with Gasteiger partial charge in [0.2, 0.25) is 10.0 Å². The van der Waals surface area contributed by atoms with Crippen LogP contribution >= 0.6 is 0 Å². The highest BCUT2D eigenvalue weighted by Crippen LogP contribution is 2.19. The molecule has 1 saturated carbocycles. The lowest BCUT2D eigenvalue weighted by atomic mass is 10.1. The topological polar surface area (TPSA) is 110 Å². The third-order valence-electron chi connectivity index (χ3n) is 4.64. The second kappa shape index (κ2) is 7.36. The molecule has 0 spiro atoms. The van der Waals surface area contributed by atoms with Crippen molar-refractivity contribution in [3.63, 3.8) is 0 Å². The Labute approximate surface area is 162 Å². The SMILES string of the molecule is CN(Cc1ccc(C(=O)NC2CC2)cc1)S(=O)(=O)c1cn(C)c(=O)n(C)c1=O. The van der Waals surface area contributed by atoms with Crippen LogP contribution in [0.3, 0.4) is 0 Å². The number of carbonyl (C=O) groups excluding carboxylic acids is 1. The summed E-state index contributed by atoms with van der Waals surface area (Å²) in [5, 5.41) is 2.89. The maximum absolute atomic E-state index is 12.8. The van der Waals surface area contributed by atoms with E-state index < -0.39 is 26.2 Å². The molecule has 1 N–H and O–H groups in total. The molecule has 2 aromatic rings. The van der Waals surface area contributed by atoms with E-state index in [0.717, 1.165) is 32.5 Å². The molecule has 3 rings (SSSR count). The monoisotopic (exact) mass is 406 g/mol. The van der Waals surface area contributed by atoms with Crippen molar-refractivity contribution >= 4 is 15.9 Å². The van der Waals surface area contributed by atoms with Gasteiger partial charge in [0.1, 0.15) is 0 Å². The van der Waals surface area contributed by atoms with Gasteiger partial charge in [-0.2, -0.15) is 4.31 Å². The third kappa shape index (κ3) is 3.92. The molecule has 1 aliphatic rings. The third-order valence-corrected chi connectivity index (χ3v) is 6.42. The molecule has 28 heavy (non-hydrogen) atoms. The van der Waals surface area contributed by atoms with Gasteiger partial charge in [0.15, 0.2) is 4.90 Å². The summed E-state index contributed by atoms with van der Waals surface area (Å²) in [6.07, 6.45) is 3.02. The number of hydrogen-bond acceptors (Lipinski definition) is 5. The number of carbonyl (C=O) groups is 1. The summed E-state index contributed by atoms with van der Waals surface area (Å²) in [5.41, 5.74) is -0.308. The molecule has 0 aliphatic heterocycles. The van der Waals surface area contributed by atoms with E-state index in [1.54, 1.807) is 24.3 Å². The van der Waals surface area contributed by atoms with E-state index in [9.17, 15) is 22.8 Å². The number of hydrogen-bond donors (Lipinski definition) is 1. The van der Waals surface area contributed by atoms with Crippen LogP contribution in [0.15, 0.2) is 44.9 Å². The van der Waals surface area contributed by atoms with Crippen LogP contribution in [0.4, 0.5) is 0 Å². The van der Waals surface area contributed by atoms with E-state index in [4.69, 9.17) is 0 Å². The Morgan fingerprint density at radius 1 is 1.18 bits per heavy atom. The second-order valence-corrected chi connectivity index (χ2v) is 8.97. The highest BCUT2D eigenvalue weighted by atomic mass is 32.2. The van der Waals surface area contributed by atoms with Crippen LogP contribution in [0.1, 0.15) is 28.8 Å². The molecule has 0 unspecified atom stereocenters. The standard InChI is InChI=1S/C18H22N4O5S/c1-20-11-15(17(24)22(3)18(20)25)28(26,27)21(2)10-12-4-6-13(7-5-12)16(23)19-14-8-9-14/h4-7,11,14H,8-10H2,1-3H3,(H,19,23). The molecular weight excluding hydrogens is 384 g/mol. The molecule has 1 aromatic carbocycles. The highest BCUT2D eigenvalue weighted by Gasteiger charge is 2.27. The van der Waals surface area contributed by atoms with Crippen LogP contribution in [-0.4, -0.2) is 40.9 Å². The maximum Gasteiger partial charge on any atom is 0.330 e. The zero-order valence-electron chi connectivity index (χ0n) is 15.9. The van der Waals surface area contributed by atoms with Gasteiger partial charge >= 0.3 is 5.69 Å². The summed E-state index contributed by atoms with van der Waals surface area (Å²) in [7, 11) is -0.136. The van der Waals surface area contributed by atoms with E-state index in [0.29, 0.717) is 11.1 Å². The molecule has 150 valence electrons. The average molecular weight is 406 g/mol. The number of sulfonamides is 1. The fourth-order valence-electron chi connectivity index (χ4n) is 2.72. The zero-order valence-corrected chi connectivity index (χ0v) is 16.7. The summed E-state index contributed by atoms with van der Waals surface area (Å²) in [6, 6.07) is 6.88. The van der Waals surface area contributed by atoms with Crippen molar-refractivity contribution < 1.29 is 13.2 Å². The number of aromatic nitrogens is 2.